The normalized spacial score (nSPS) is 19.3. The average Bonchev–Trinajstić information content (AvgIpc) is 2.81. The number of methoxy groups -OCH3 is 2. The summed E-state index contributed by atoms with van der Waals surface area (Å²) >= 11 is 0. The van der Waals surface area contributed by atoms with Crippen LogP contribution in [0.2, 0.25) is 0 Å². The predicted octanol–water partition coefficient (Wildman–Crippen LogP) is 3.78. The molecule has 9 heteroatoms. The number of carbonyl (C=O) groups excluding carboxylic acids is 1. The van der Waals surface area contributed by atoms with Crippen LogP contribution >= 0.6 is 0 Å². The number of nitrogens with zero attached hydrogens (tertiary/aromatic N) is 1. The molecule has 3 atom stereocenters. The van der Waals surface area contributed by atoms with Gasteiger partial charge in [0.25, 0.3) is 0 Å². The summed E-state index contributed by atoms with van der Waals surface area (Å²) in [6.07, 6.45) is 3.45. The molecule has 0 aromatic heterocycles. The van der Waals surface area contributed by atoms with Crippen LogP contribution < -0.4 is 11.1 Å². The van der Waals surface area contributed by atoms with E-state index < -0.39 is 23.2 Å². The molecule has 0 aliphatic carbocycles. The SMILES string of the molecule is COCCCC[C@@](O)(c1cccc(F)c1F)[C@@H]1CCCN(C(=O)NC[C@@H](N)CC(C)(C)COC)C1. The Kier molecular flexibility index (Phi) is 11.3. The number of piperidine rings is 1. The number of nitrogens with one attached hydrogen (secondary N) is 1. The number of rotatable bonds is 13. The molecule has 1 fully saturated rings. The van der Waals surface area contributed by atoms with Gasteiger partial charge in [0.05, 0.1) is 12.2 Å². The Morgan fingerprint density at radius 3 is 2.71 bits per heavy atom. The molecule has 0 saturated carbocycles. The number of halogens is 2. The van der Waals surface area contributed by atoms with E-state index in [1.807, 2.05) is 0 Å². The maximum Gasteiger partial charge on any atom is 0.317 e. The second-order valence-electron chi connectivity index (χ2n) is 10.5. The zero-order chi connectivity index (χ0) is 26.1. The molecule has 1 heterocycles. The lowest BCUT2D eigenvalue weighted by Crippen LogP contribution is -2.52. The number of hydrogen-bond donors (Lipinski definition) is 3. The van der Waals surface area contributed by atoms with Gasteiger partial charge in [0.2, 0.25) is 0 Å². The number of amides is 2. The zero-order valence-corrected chi connectivity index (χ0v) is 21.6. The van der Waals surface area contributed by atoms with E-state index in [1.54, 1.807) is 19.1 Å². The summed E-state index contributed by atoms with van der Waals surface area (Å²) in [6, 6.07) is 3.39. The van der Waals surface area contributed by atoms with E-state index in [0.717, 1.165) is 6.07 Å². The van der Waals surface area contributed by atoms with Crippen molar-refractivity contribution in [3.05, 3.63) is 35.4 Å². The Labute approximate surface area is 208 Å². The average molecular weight is 500 g/mol. The summed E-state index contributed by atoms with van der Waals surface area (Å²) < 4.78 is 39.2. The molecule has 200 valence electrons. The number of aliphatic hydroxyl groups is 1. The Balaban J connectivity index is 2.09. The lowest BCUT2D eigenvalue weighted by Gasteiger charge is -2.43. The van der Waals surface area contributed by atoms with Gasteiger partial charge in [-0.15, -0.1) is 0 Å². The van der Waals surface area contributed by atoms with E-state index in [9.17, 15) is 18.7 Å². The molecule has 1 aliphatic heterocycles. The van der Waals surface area contributed by atoms with Gasteiger partial charge < -0.3 is 30.5 Å². The second-order valence-corrected chi connectivity index (χ2v) is 10.5. The molecule has 2 rings (SSSR count). The van der Waals surface area contributed by atoms with Gasteiger partial charge in [0, 0.05) is 58.0 Å². The highest BCUT2D eigenvalue weighted by molar-refractivity contribution is 5.74. The lowest BCUT2D eigenvalue weighted by atomic mass is 9.74. The fraction of sp³-hybridized carbons (Fsp3) is 0.731. The number of urea groups is 1. The molecule has 0 bridgehead atoms. The van der Waals surface area contributed by atoms with Gasteiger partial charge in [0.15, 0.2) is 11.6 Å². The number of hydrogen-bond acceptors (Lipinski definition) is 5. The monoisotopic (exact) mass is 499 g/mol. The van der Waals surface area contributed by atoms with E-state index in [-0.39, 0.29) is 36.0 Å². The van der Waals surface area contributed by atoms with Crippen molar-refractivity contribution >= 4 is 6.03 Å². The third-order valence-electron chi connectivity index (χ3n) is 6.82. The minimum absolute atomic E-state index is 0.0513. The Bertz CT molecular complexity index is 811. The fourth-order valence-electron chi connectivity index (χ4n) is 5.15. The standard InChI is InChI=1S/C26H43F2N3O4/c1-25(2,18-35-4)15-20(29)16-30-24(32)31-13-8-9-19(17-31)26(33,12-5-6-14-34-3)21-10-7-11-22(27)23(21)28/h7,10-11,19-20,33H,5-6,8-9,12-18,29H2,1-4H3,(H,30,32)/t19-,20+,26+/m1/s1. The third kappa shape index (κ3) is 8.37. The summed E-state index contributed by atoms with van der Waals surface area (Å²) in [6.45, 7) is 6.29. The predicted molar refractivity (Wildman–Crippen MR) is 132 cm³/mol. The van der Waals surface area contributed by atoms with Crippen LogP contribution in [0.25, 0.3) is 0 Å². The maximum atomic E-state index is 14.8. The highest BCUT2D eigenvalue weighted by Crippen LogP contribution is 2.41. The van der Waals surface area contributed by atoms with Crippen LogP contribution in [0.15, 0.2) is 18.2 Å². The Morgan fingerprint density at radius 1 is 1.29 bits per heavy atom. The topological polar surface area (TPSA) is 97.1 Å². The van der Waals surface area contributed by atoms with Crippen molar-refractivity contribution in [3.63, 3.8) is 0 Å². The van der Waals surface area contributed by atoms with Crippen LogP contribution in [-0.2, 0) is 15.1 Å². The van der Waals surface area contributed by atoms with Crippen molar-refractivity contribution < 1.29 is 28.2 Å². The van der Waals surface area contributed by atoms with Crippen LogP contribution in [-0.4, -0.2) is 69.1 Å². The summed E-state index contributed by atoms with van der Waals surface area (Å²) in [5, 5.41) is 14.7. The number of likely N-dealkylation sites (tertiary alicyclic amines) is 1. The highest BCUT2D eigenvalue weighted by atomic mass is 19.2. The molecule has 0 spiro atoms. The zero-order valence-electron chi connectivity index (χ0n) is 21.6. The first kappa shape index (κ1) is 29.4. The van der Waals surface area contributed by atoms with E-state index in [4.69, 9.17) is 15.2 Å². The first-order chi connectivity index (χ1) is 16.5. The highest BCUT2D eigenvalue weighted by Gasteiger charge is 2.43. The quantitative estimate of drug-likeness (QED) is 0.359. The van der Waals surface area contributed by atoms with Crippen LogP contribution in [0, 0.1) is 23.0 Å². The van der Waals surface area contributed by atoms with E-state index >= 15 is 0 Å². The number of ether oxygens (including phenoxy) is 2. The molecular weight excluding hydrogens is 456 g/mol. The van der Waals surface area contributed by atoms with Crippen molar-refractivity contribution in [1.29, 1.82) is 0 Å². The molecule has 0 unspecified atom stereocenters. The molecule has 1 aliphatic rings. The van der Waals surface area contributed by atoms with Gasteiger partial charge in [-0.05, 0) is 50.0 Å². The molecule has 4 N–H and O–H groups in total. The molecule has 0 radical (unpaired) electrons. The van der Waals surface area contributed by atoms with Crippen molar-refractivity contribution in [2.24, 2.45) is 17.1 Å². The van der Waals surface area contributed by atoms with Crippen molar-refractivity contribution in [2.75, 3.05) is 47.1 Å². The van der Waals surface area contributed by atoms with E-state index in [1.165, 1.54) is 12.1 Å². The van der Waals surface area contributed by atoms with E-state index in [0.29, 0.717) is 58.4 Å². The number of nitrogens with two attached hydrogens (primary N) is 1. The molecule has 35 heavy (non-hydrogen) atoms. The second kappa shape index (κ2) is 13.5. The minimum atomic E-state index is -1.60. The summed E-state index contributed by atoms with van der Waals surface area (Å²) in [5.41, 5.74) is 4.48. The molecule has 7 nitrogen and oxygen atoms in total. The molecule has 1 aromatic carbocycles. The molecule has 2 amide bonds. The molecular formula is C26H43F2N3O4. The van der Waals surface area contributed by atoms with E-state index in [2.05, 4.69) is 19.2 Å². The first-order valence-electron chi connectivity index (χ1n) is 12.5. The van der Waals surface area contributed by atoms with Gasteiger partial charge >= 0.3 is 6.03 Å². The Morgan fingerprint density at radius 2 is 2.03 bits per heavy atom. The minimum Gasteiger partial charge on any atom is -0.385 e. The smallest absolute Gasteiger partial charge is 0.317 e. The van der Waals surface area contributed by atoms with Gasteiger partial charge in [-0.2, -0.15) is 0 Å². The first-order valence-corrected chi connectivity index (χ1v) is 12.5. The largest absolute Gasteiger partial charge is 0.385 e. The lowest BCUT2D eigenvalue weighted by molar-refractivity contribution is -0.0590. The van der Waals surface area contributed by atoms with Gasteiger partial charge in [-0.1, -0.05) is 26.0 Å². The summed E-state index contributed by atoms with van der Waals surface area (Å²) in [4.78, 5) is 14.6. The van der Waals surface area contributed by atoms with Crippen LogP contribution in [0.3, 0.4) is 0 Å². The summed E-state index contributed by atoms with van der Waals surface area (Å²) in [7, 11) is 3.25. The fourth-order valence-corrected chi connectivity index (χ4v) is 5.15. The van der Waals surface area contributed by atoms with Crippen LogP contribution in [0.4, 0.5) is 13.6 Å². The number of benzene rings is 1. The number of unbranched alkanes of at least 4 members (excludes halogenated alkanes) is 1. The van der Waals surface area contributed by atoms with Crippen molar-refractivity contribution in [1.82, 2.24) is 10.2 Å². The third-order valence-corrected chi connectivity index (χ3v) is 6.82. The number of carbonyl (C=O) groups is 1. The van der Waals surface area contributed by atoms with Gasteiger partial charge in [-0.25, -0.2) is 13.6 Å². The maximum absolute atomic E-state index is 14.8. The Hall–Kier alpha value is -1.81. The van der Waals surface area contributed by atoms with Gasteiger partial charge in [0.1, 0.15) is 0 Å². The van der Waals surface area contributed by atoms with Gasteiger partial charge in [-0.3, -0.25) is 0 Å². The van der Waals surface area contributed by atoms with Crippen molar-refractivity contribution in [3.8, 4) is 0 Å². The van der Waals surface area contributed by atoms with Crippen LogP contribution in [0.1, 0.15) is 57.9 Å². The molecule has 1 aromatic rings. The summed E-state index contributed by atoms with van der Waals surface area (Å²) in [5.74, 6) is -2.46. The van der Waals surface area contributed by atoms with Crippen LogP contribution in [0.5, 0.6) is 0 Å². The molecule has 1 saturated heterocycles. The van der Waals surface area contributed by atoms with Crippen molar-refractivity contribution in [2.45, 2.75) is 64.0 Å².